The normalized spacial score (nSPS) is 15.4. The molecule has 0 unspecified atom stereocenters. The molecule has 3 rings (SSSR count). The van der Waals surface area contributed by atoms with Crippen LogP contribution < -0.4 is 4.74 Å². The molecule has 1 aliphatic heterocycles. The van der Waals surface area contributed by atoms with Crippen molar-refractivity contribution in [2.24, 2.45) is 4.99 Å². The lowest BCUT2D eigenvalue weighted by molar-refractivity contribution is -0.129. The summed E-state index contributed by atoms with van der Waals surface area (Å²) in [5.74, 6) is 0.762. The first-order valence-corrected chi connectivity index (χ1v) is 9.44. The van der Waals surface area contributed by atoms with Crippen LogP contribution in [0.5, 0.6) is 5.75 Å². The molecule has 6 heteroatoms. The third kappa shape index (κ3) is 3.80. The highest BCUT2D eigenvalue weighted by Gasteiger charge is 2.24. The number of carbonyl (C=O) groups is 1. The number of cyclic esters (lactones) is 1. The maximum Gasteiger partial charge on any atom is 0.363 e. The van der Waals surface area contributed by atoms with Crippen molar-refractivity contribution in [1.82, 2.24) is 0 Å². The maximum absolute atomic E-state index is 12.1. The van der Waals surface area contributed by atoms with E-state index in [0.29, 0.717) is 18.2 Å². The first kappa shape index (κ1) is 17.4. The molecule has 1 aliphatic rings. The van der Waals surface area contributed by atoms with Crippen molar-refractivity contribution in [3.8, 4) is 5.75 Å². The zero-order chi connectivity index (χ0) is 17.1. The fourth-order valence-corrected chi connectivity index (χ4v) is 4.34. The fraction of sp³-hybridized carbons (Fsp3) is 0.111. The van der Waals surface area contributed by atoms with E-state index in [0.717, 1.165) is 24.0 Å². The molecule has 0 aliphatic carbocycles. The third-order valence-corrected chi connectivity index (χ3v) is 4.86. The van der Waals surface area contributed by atoms with Crippen molar-refractivity contribution in [3.63, 3.8) is 0 Å². The van der Waals surface area contributed by atoms with E-state index >= 15 is 0 Å². The van der Waals surface area contributed by atoms with Gasteiger partial charge in [-0.1, -0.05) is 18.2 Å². The number of nitrogens with zero attached hydrogens (tertiary/aromatic N) is 1. The minimum absolute atomic E-state index is 0.296. The zero-order valence-corrected chi connectivity index (χ0v) is 17.1. The first-order valence-electron chi connectivity index (χ1n) is 7.28. The number of esters is 1. The van der Waals surface area contributed by atoms with Crippen LogP contribution in [0.2, 0.25) is 0 Å². The van der Waals surface area contributed by atoms with Crippen LogP contribution in [-0.2, 0) is 9.53 Å². The van der Waals surface area contributed by atoms with Crippen LogP contribution in [0.25, 0.3) is 6.08 Å². The zero-order valence-electron chi connectivity index (χ0n) is 12.8. The van der Waals surface area contributed by atoms with Crippen molar-refractivity contribution < 1.29 is 14.3 Å². The Bertz CT molecular complexity index is 822. The molecule has 0 fully saturated rings. The Morgan fingerprint density at radius 1 is 1.17 bits per heavy atom. The standard InChI is InChI=1S/C18H13I2NO3/c1-2-23-16-13(19)8-11(9-14(16)20)10-15-18(22)24-17(21-15)12-6-4-3-5-7-12/h3-10H,2H2,1H3. The van der Waals surface area contributed by atoms with Gasteiger partial charge in [0, 0.05) is 5.56 Å². The van der Waals surface area contributed by atoms with Gasteiger partial charge in [0.15, 0.2) is 5.70 Å². The summed E-state index contributed by atoms with van der Waals surface area (Å²) in [5, 5.41) is 0. The Labute approximate surface area is 167 Å². The second kappa shape index (κ2) is 7.64. The summed E-state index contributed by atoms with van der Waals surface area (Å²) in [6.07, 6.45) is 1.73. The van der Waals surface area contributed by atoms with Crippen molar-refractivity contribution >= 4 is 63.1 Å². The predicted octanol–water partition coefficient (Wildman–Crippen LogP) is 4.64. The lowest BCUT2D eigenvalue weighted by atomic mass is 10.2. The number of hydrogen-bond acceptors (Lipinski definition) is 4. The van der Waals surface area contributed by atoms with E-state index in [-0.39, 0.29) is 0 Å². The van der Waals surface area contributed by atoms with E-state index in [2.05, 4.69) is 50.2 Å². The molecule has 0 N–H and O–H groups in total. The van der Waals surface area contributed by atoms with Crippen molar-refractivity contribution in [2.75, 3.05) is 6.61 Å². The van der Waals surface area contributed by atoms with Gasteiger partial charge in [-0.15, -0.1) is 0 Å². The number of hydrogen-bond donors (Lipinski definition) is 0. The van der Waals surface area contributed by atoms with Crippen LogP contribution in [0.1, 0.15) is 18.1 Å². The second-order valence-electron chi connectivity index (χ2n) is 4.95. The summed E-state index contributed by atoms with van der Waals surface area (Å²) in [6.45, 7) is 2.57. The summed E-state index contributed by atoms with van der Waals surface area (Å²) in [6, 6.07) is 13.3. The molecule has 0 spiro atoms. The van der Waals surface area contributed by atoms with Crippen LogP contribution in [-0.4, -0.2) is 18.5 Å². The molecule has 0 atom stereocenters. The smallest absolute Gasteiger partial charge is 0.363 e. The molecule has 0 saturated heterocycles. The molecule has 0 aromatic heterocycles. The molecular formula is C18H13I2NO3. The number of halogens is 2. The van der Waals surface area contributed by atoms with Crippen LogP contribution >= 0.6 is 45.2 Å². The van der Waals surface area contributed by atoms with Crippen LogP contribution in [0, 0.1) is 7.14 Å². The molecular weight excluding hydrogens is 532 g/mol. The molecule has 2 aromatic carbocycles. The van der Waals surface area contributed by atoms with Gasteiger partial charge in [-0.25, -0.2) is 9.79 Å². The van der Waals surface area contributed by atoms with Crippen molar-refractivity contribution in [3.05, 3.63) is 66.4 Å². The molecule has 1 heterocycles. The van der Waals surface area contributed by atoms with E-state index in [1.165, 1.54) is 0 Å². The van der Waals surface area contributed by atoms with Crippen LogP contribution in [0.3, 0.4) is 0 Å². The average molecular weight is 545 g/mol. The van der Waals surface area contributed by atoms with E-state index in [4.69, 9.17) is 9.47 Å². The van der Waals surface area contributed by atoms with E-state index in [1.54, 1.807) is 6.08 Å². The highest BCUT2D eigenvalue weighted by molar-refractivity contribution is 14.1. The van der Waals surface area contributed by atoms with Gasteiger partial charge >= 0.3 is 5.97 Å². The Hall–Kier alpha value is -1.42. The lowest BCUT2D eigenvalue weighted by Gasteiger charge is -2.09. The Kier molecular flexibility index (Phi) is 5.54. The van der Waals surface area contributed by atoms with Crippen LogP contribution in [0.15, 0.2) is 53.2 Å². The quantitative estimate of drug-likeness (QED) is 0.320. The number of rotatable bonds is 4. The highest BCUT2D eigenvalue weighted by atomic mass is 127. The molecule has 122 valence electrons. The second-order valence-corrected chi connectivity index (χ2v) is 7.27. The molecule has 2 aromatic rings. The first-order chi connectivity index (χ1) is 11.6. The molecule has 0 radical (unpaired) electrons. The summed E-state index contributed by atoms with van der Waals surface area (Å²) < 4.78 is 12.9. The SMILES string of the molecule is CCOc1c(I)cc(C=C2N=C(c3ccccc3)OC2=O)cc1I. The molecule has 0 saturated carbocycles. The number of benzene rings is 2. The Morgan fingerprint density at radius 2 is 1.83 bits per heavy atom. The van der Waals surface area contributed by atoms with Crippen molar-refractivity contribution in [1.29, 1.82) is 0 Å². The molecule has 0 amide bonds. The van der Waals surface area contributed by atoms with Gasteiger partial charge in [-0.2, -0.15) is 0 Å². The third-order valence-electron chi connectivity index (χ3n) is 3.25. The number of carbonyl (C=O) groups excluding carboxylic acids is 1. The summed E-state index contributed by atoms with van der Waals surface area (Å²) >= 11 is 4.46. The molecule has 0 bridgehead atoms. The highest BCUT2D eigenvalue weighted by Crippen LogP contribution is 2.30. The van der Waals surface area contributed by atoms with E-state index in [9.17, 15) is 4.79 Å². The summed E-state index contributed by atoms with van der Waals surface area (Å²) in [7, 11) is 0. The predicted molar refractivity (Wildman–Crippen MR) is 110 cm³/mol. The van der Waals surface area contributed by atoms with Gasteiger partial charge in [0.25, 0.3) is 0 Å². The maximum atomic E-state index is 12.1. The molecule has 24 heavy (non-hydrogen) atoms. The summed E-state index contributed by atoms with van der Waals surface area (Å²) in [5.41, 5.74) is 1.96. The molecule has 4 nitrogen and oxygen atoms in total. The minimum Gasteiger partial charge on any atom is -0.492 e. The van der Waals surface area contributed by atoms with Gasteiger partial charge in [-0.3, -0.25) is 0 Å². The van der Waals surface area contributed by atoms with E-state index in [1.807, 2.05) is 49.4 Å². The summed E-state index contributed by atoms with van der Waals surface area (Å²) in [4.78, 5) is 16.4. The topological polar surface area (TPSA) is 47.9 Å². The van der Waals surface area contributed by atoms with Crippen molar-refractivity contribution in [2.45, 2.75) is 6.92 Å². The minimum atomic E-state index is -0.437. The van der Waals surface area contributed by atoms with Crippen LogP contribution in [0.4, 0.5) is 0 Å². The van der Waals surface area contributed by atoms with E-state index < -0.39 is 5.97 Å². The largest absolute Gasteiger partial charge is 0.492 e. The average Bonchev–Trinajstić information content (AvgIpc) is 2.93. The monoisotopic (exact) mass is 545 g/mol. The van der Waals surface area contributed by atoms with Gasteiger partial charge < -0.3 is 9.47 Å². The fourth-order valence-electron chi connectivity index (χ4n) is 2.22. The van der Waals surface area contributed by atoms with Gasteiger partial charge in [-0.05, 0) is 88.0 Å². The van der Waals surface area contributed by atoms with Gasteiger partial charge in [0.2, 0.25) is 5.90 Å². The lowest BCUT2D eigenvalue weighted by Crippen LogP contribution is -2.05. The Morgan fingerprint density at radius 3 is 2.46 bits per heavy atom. The van der Waals surface area contributed by atoms with Gasteiger partial charge in [0.1, 0.15) is 5.75 Å². The van der Waals surface area contributed by atoms with Gasteiger partial charge in [0.05, 0.1) is 13.7 Å². The number of aliphatic imine (C=N–C) groups is 1. The number of ether oxygens (including phenoxy) is 2. The Balaban J connectivity index is 1.94.